The van der Waals surface area contributed by atoms with Gasteiger partial charge in [0.15, 0.2) is 5.96 Å². The summed E-state index contributed by atoms with van der Waals surface area (Å²) in [6.45, 7) is 10.5. The molecule has 0 saturated carbocycles. The van der Waals surface area contributed by atoms with Crippen LogP contribution >= 0.6 is 0 Å². The number of rotatable bonds is 4. The Morgan fingerprint density at radius 1 is 1.64 bits per heavy atom. The highest BCUT2D eigenvalue weighted by Gasteiger charge is 2.39. The van der Waals surface area contributed by atoms with Gasteiger partial charge in [-0.25, -0.2) is 0 Å². The molecule has 1 atom stereocenters. The second-order valence-corrected chi connectivity index (χ2v) is 4.27. The Morgan fingerprint density at radius 2 is 2.29 bits per heavy atom. The van der Waals surface area contributed by atoms with Crippen LogP contribution < -0.4 is 5.73 Å². The van der Waals surface area contributed by atoms with Crippen molar-refractivity contribution in [3.8, 4) is 0 Å². The van der Waals surface area contributed by atoms with Gasteiger partial charge in [0.2, 0.25) is 0 Å². The molecule has 0 spiro atoms. The second-order valence-electron chi connectivity index (χ2n) is 4.27. The Bertz CT molecular complexity index is 227. The molecule has 1 aliphatic heterocycles. The third-order valence-electron chi connectivity index (χ3n) is 2.54. The summed E-state index contributed by atoms with van der Waals surface area (Å²) in [4.78, 5) is 6.43. The van der Waals surface area contributed by atoms with E-state index >= 15 is 0 Å². The number of hydrogen-bond acceptors (Lipinski definition) is 4. The summed E-state index contributed by atoms with van der Waals surface area (Å²) in [5, 5.41) is 0. The van der Waals surface area contributed by atoms with Gasteiger partial charge >= 0.3 is 0 Å². The van der Waals surface area contributed by atoms with Gasteiger partial charge in [-0.3, -0.25) is 4.99 Å². The topological polar surface area (TPSA) is 50.9 Å². The Kier molecular flexibility index (Phi) is 3.37. The van der Waals surface area contributed by atoms with Gasteiger partial charge in [0.25, 0.3) is 0 Å². The molecular weight excluding hydrogens is 178 g/mol. The molecular formula is C10H21N3O. The smallest absolute Gasteiger partial charge is 0.192 e. The van der Waals surface area contributed by atoms with E-state index in [0.29, 0.717) is 18.6 Å². The van der Waals surface area contributed by atoms with Crippen LogP contribution in [0.4, 0.5) is 0 Å². The fraction of sp³-hybridized carbons (Fsp3) is 0.900. The van der Waals surface area contributed by atoms with Crippen molar-refractivity contribution in [2.75, 3.05) is 19.8 Å². The number of hydrogen-bond donors (Lipinski definition) is 1. The average molecular weight is 199 g/mol. The molecule has 0 radical (unpaired) electrons. The van der Waals surface area contributed by atoms with Gasteiger partial charge < -0.3 is 15.4 Å². The minimum Gasteiger partial charge on any atom is -0.379 e. The van der Waals surface area contributed by atoms with Crippen molar-refractivity contribution in [1.29, 1.82) is 0 Å². The van der Waals surface area contributed by atoms with E-state index in [-0.39, 0.29) is 5.54 Å². The minimum absolute atomic E-state index is 0.0613. The highest BCUT2D eigenvalue weighted by molar-refractivity contribution is 5.81. The van der Waals surface area contributed by atoms with E-state index in [0.717, 1.165) is 13.2 Å². The van der Waals surface area contributed by atoms with Crippen LogP contribution in [0.3, 0.4) is 0 Å². The summed E-state index contributed by atoms with van der Waals surface area (Å²) in [5.41, 5.74) is 5.79. The fourth-order valence-corrected chi connectivity index (χ4v) is 2.01. The fourth-order valence-electron chi connectivity index (χ4n) is 2.01. The molecule has 1 unspecified atom stereocenters. The predicted octanol–water partition coefficient (Wildman–Crippen LogP) is 0.820. The average Bonchev–Trinajstić information content (AvgIpc) is 2.40. The van der Waals surface area contributed by atoms with Gasteiger partial charge in [-0.15, -0.1) is 0 Å². The summed E-state index contributed by atoms with van der Waals surface area (Å²) in [5.74, 6) is 0.641. The third kappa shape index (κ3) is 2.00. The van der Waals surface area contributed by atoms with Crippen LogP contribution in [-0.2, 0) is 4.74 Å². The zero-order valence-electron chi connectivity index (χ0n) is 9.58. The lowest BCUT2D eigenvalue weighted by molar-refractivity contribution is 0.0420. The highest BCUT2D eigenvalue weighted by atomic mass is 16.5. The molecule has 1 rings (SSSR count). The number of ether oxygens (including phenoxy) is 1. The molecule has 1 heterocycles. The summed E-state index contributed by atoms with van der Waals surface area (Å²) >= 11 is 0. The maximum Gasteiger partial charge on any atom is 0.192 e. The first-order valence-electron chi connectivity index (χ1n) is 5.18. The zero-order valence-corrected chi connectivity index (χ0v) is 9.58. The first kappa shape index (κ1) is 11.3. The van der Waals surface area contributed by atoms with Crippen LogP contribution in [0.1, 0.15) is 27.7 Å². The summed E-state index contributed by atoms with van der Waals surface area (Å²) in [7, 11) is 0. The van der Waals surface area contributed by atoms with Crippen LogP contribution in [0.5, 0.6) is 0 Å². The van der Waals surface area contributed by atoms with Crippen molar-refractivity contribution in [2.24, 2.45) is 10.7 Å². The van der Waals surface area contributed by atoms with E-state index in [9.17, 15) is 0 Å². The maximum absolute atomic E-state index is 5.85. The molecule has 1 aliphatic rings. The number of aliphatic imine (C=N–C) groups is 1. The Morgan fingerprint density at radius 3 is 2.79 bits per heavy atom. The van der Waals surface area contributed by atoms with Gasteiger partial charge in [0.05, 0.1) is 18.7 Å². The molecule has 4 heteroatoms. The molecule has 4 nitrogen and oxygen atoms in total. The largest absolute Gasteiger partial charge is 0.379 e. The molecule has 14 heavy (non-hydrogen) atoms. The SMILES string of the molecule is CCOCC1(C)CN=C(N)N1C(C)C. The van der Waals surface area contributed by atoms with Crippen molar-refractivity contribution in [3.63, 3.8) is 0 Å². The molecule has 0 aromatic carbocycles. The summed E-state index contributed by atoms with van der Waals surface area (Å²) in [6, 6.07) is 0.367. The van der Waals surface area contributed by atoms with E-state index in [4.69, 9.17) is 10.5 Å². The second kappa shape index (κ2) is 4.17. The molecule has 0 aromatic heterocycles. The number of nitrogens with zero attached hydrogens (tertiary/aromatic N) is 2. The Hall–Kier alpha value is -0.770. The van der Waals surface area contributed by atoms with Crippen molar-refractivity contribution in [2.45, 2.75) is 39.3 Å². The molecule has 0 bridgehead atoms. The number of guanidine groups is 1. The van der Waals surface area contributed by atoms with E-state index in [2.05, 4.69) is 30.7 Å². The van der Waals surface area contributed by atoms with Crippen LogP contribution in [0, 0.1) is 0 Å². The van der Waals surface area contributed by atoms with Gasteiger partial charge in [-0.1, -0.05) is 0 Å². The summed E-state index contributed by atoms with van der Waals surface area (Å²) in [6.07, 6.45) is 0. The molecule has 2 N–H and O–H groups in total. The van der Waals surface area contributed by atoms with Crippen LogP contribution in [-0.4, -0.2) is 42.2 Å². The zero-order chi connectivity index (χ0) is 10.8. The molecule has 82 valence electrons. The first-order valence-corrected chi connectivity index (χ1v) is 5.18. The minimum atomic E-state index is -0.0613. The molecule has 0 fully saturated rings. The van der Waals surface area contributed by atoms with Crippen molar-refractivity contribution in [1.82, 2.24) is 4.90 Å². The molecule has 0 amide bonds. The standard InChI is InChI=1S/C10H21N3O/c1-5-14-7-10(4)6-12-9(11)13(10)8(2)3/h8H,5-7H2,1-4H3,(H2,11,12). The van der Waals surface area contributed by atoms with Gasteiger partial charge in [-0.2, -0.15) is 0 Å². The van der Waals surface area contributed by atoms with Crippen molar-refractivity contribution >= 4 is 5.96 Å². The monoisotopic (exact) mass is 199 g/mol. The van der Waals surface area contributed by atoms with Gasteiger partial charge in [0, 0.05) is 12.6 Å². The van der Waals surface area contributed by atoms with Crippen molar-refractivity contribution in [3.05, 3.63) is 0 Å². The van der Waals surface area contributed by atoms with E-state index in [1.54, 1.807) is 0 Å². The van der Waals surface area contributed by atoms with Gasteiger partial charge in [-0.05, 0) is 27.7 Å². The van der Waals surface area contributed by atoms with Crippen LogP contribution in [0.2, 0.25) is 0 Å². The maximum atomic E-state index is 5.85. The third-order valence-corrected chi connectivity index (χ3v) is 2.54. The highest BCUT2D eigenvalue weighted by Crippen LogP contribution is 2.24. The van der Waals surface area contributed by atoms with E-state index in [1.165, 1.54) is 0 Å². The molecule has 0 saturated heterocycles. The van der Waals surface area contributed by atoms with Crippen molar-refractivity contribution < 1.29 is 4.74 Å². The Labute approximate surface area is 86.1 Å². The van der Waals surface area contributed by atoms with Crippen LogP contribution in [0.25, 0.3) is 0 Å². The van der Waals surface area contributed by atoms with Crippen LogP contribution in [0.15, 0.2) is 4.99 Å². The molecule has 0 aliphatic carbocycles. The Balaban J connectivity index is 2.70. The quantitative estimate of drug-likeness (QED) is 0.729. The lowest BCUT2D eigenvalue weighted by atomic mass is 10.0. The predicted molar refractivity (Wildman–Crippen MR) is 58.4 cm³/mol. The summed E-state index contributed by atoms with van der Waals surface area (Å²) < 4.78 is 5.48. The first-order chi connectivity index (χ1) is 6.51. The lowest BCUT2D eigenvalue weighted by Gasteiger charge is -2.38. The normalized spacial score (nSPS) is 27.2. The number of nitrogens with two attached hydrogens (primary N) is 1. The molecule has 0 aromatic rings. The van der Waals surface area contributed by atoms with E-state index in [1.807, 2.05) is 6.92 Å². The van der Waals surface area contributed by atoms with Gasteiger partial charge in [0.1, 0.15) is 0 Å². The lowest BCUT2D eigenvalue weighted by Crippen LogP contribution is -2.55. The van der Waals surface area contributed by atoms with E-state index < -0.39 is 0 Å².